The first-order valence-electron chi connectivity index (χ1n) is 12.1. The van der Waals surface area contributed by atoms with Crippen LogP contribution in [0.3, 0.4) is 0 Å². The first-order chi connectivity index (χ1) is 18.7. The summed E-state index contributed by atoms with van der Waals surface area (Å²) in [4.78, 5) is 32.4. The molecule has 12 heteroatoms. The molecule has 0 radical (unpaired) electrons. The fourth-order valence-corrected chi connectivity index (χ4v) is 4.67. The Morgan fingerprint density at radius 2 is 1.85 bits per heavy atom. The van der Waals surface area contributed by atoms with E-state index in [1.54, 1.807) is 12.1 Å². The topological polar surface area (TPSA) is 130 Å². The maximum absolute atomic E-state index is 14.5. The van der Waals surface area contributed by atoms with E-state index in [0.29, 0.717) is 5.39 Å². The number of primary amides is 1. The van der Waals surface area contributed by atoms with E-state index in [2.05, 4.69) is 15.3 Å². The van der Waals surface area contributed by atoms with Crippen molar-refractivity contribution in [3.8, 4) is 17.0 Å². The minimum absolute atomic E-state index is 0.0136. The van der Waals surface area contributed by atoms with Crippen molar-refractivity contribution in [2.75, 3.05) is 13.2 Å². The molecule has 0 fully saturated rings. The largest absolute Gasteiger partial charge is 0.489 e. The van der Waals surface area contributed by atoms with Crippen molar-refractivity contribution in [3.05, 3.63) is 82.9 Å². The van der Waals surface area contributed by atoms with E-state index in [-0.39, 0.29) is 34.7 Å². The molecule has 4 aromatic rings. The van der Waals surface area contributed by atoms with Gasteiger partial charge in [-0.15, -0.1) is 0 Å². The Bertz CT molecular complexity index is 1650. The highest BCUT2D eigenvalue weighted by atomic mass is 19.4. The molecule has 1 aliphatic rings. The van der Waals surface area contributed by atoms with Crippen molar-refractivity contribution in [2.24, 2.45) is 5.73 Å². The summed E-state index contributed by atoms with van der Waals surface area (Å²) in [5.74, 6) is -2.33. The van der Waals surface area contributed by atoms with Crippen LogP contribution >= 0.6 is 0 Å². The van der Waals surface area contributed by atoms with Crippen LogP contribution in [0.2, 0.25) is 0 Å². The lowest BCUT2D eigenvalue weighted by atomic mass is 9.81. The number of nitrogens with one attached hydrogen (secondary N) is 2. The standard InChI is InChI=1S/C28H24F4N4O4/c1-14-9-17-10-16(5-8-20(17)35-14)24(37)34-12-27(39,28(30,31)32)21-11-19-23(40-13-26(19,2)25(33)38)22(36-21)15-3-6-18(29)7-4-15/h3-11,35,39H,12-13H2,1-2H3,(H2,33,38)(H,34,37)/t26-,27-/m0/s1. The summed E-state index contributed by atoms with van der Waals surface area (Å²) in [5.41, 5.74) is 1.13. The number of aryl methyl sites for hydroxylation is 1. The van der Waals surface area contributed by atoms with Crippen LogP contribution in [0.15, 0.2) is 54.6 Å². The summed E-state index contributed by atoms with van der Waals surface area (Å²) in [5, 5.41) is 14.0. The summed E-state index contributed by atoms with van der Waals surface area (Å²) in [7, 11) is 0. The highest BCUT2D eigenvalue weighted by Gasteiger charge is 2.57. The number of ether oxygens (including phenoxy) is 1. The van der Waals surface area contributed by atoms with Crippen molar-refractivity contribution in [3.63, 3.8) is 0 Å². The van der Waals surface area contributed by atoms with E-state index in [0.717, 1.165) is 29.4 Å². The smallest absolute Gasteiger partial charge is 0.424 e. The number of hydrogen-bond acceptors (Lipinski definition) is 5. The monoisotopic (exact) mass is 556 g/mol. The second-order valence-electron chi connectivity index (χ2n) is 10.0. The number of nitrogens with two attached hydrogens (primary N) is 1. The van der Waals surface area contributed by atoms with Gasteiger partial charge in [-0.3, -0.25) is 9.59 Å². The molecule has 2 aromatic heterocycles. The van der Waals surface area contributed by atoms with Crippen LogP contribution in [0, 0.1) is 12.7 Å². The third kappa shape index (κ3) is 4.43. The van der Waals surface area contributed by atoms with Gasteiger partial charge in [0.2, 0.25) is 11.5 Å². The number of aromatic nitrogens is 2. The van der Waals surface area contributed by atoms with Gasteiger partial charge in [0, 0.05) is 33.3 Å². The highest BCUT2D eigenvalue weighted by molar-refractivity contribution is 5.98. The van der Waals surface area contributed by atoms with Gasteiger partial charge in [-0.25, -0.2) is 9.37 Å². The zero-order chi connectivity index (χ0) is 29.0. The Morgan fingerprint density at radius 3 is 2.50 bits per heavy atom. The summed E-state index contributed by atoms with van der Waals surface area (Å²) < 4.78 is 62.8. The minimum Gasteiger partial charge on any atom is -0.489 e. The highest BCUT2D eigenvalue weighted by Crippen LogP contribution is 2.47. The number of aliphatic hydroxyl groups is 1. The zero-order valence-electron chi connectivity index (χ0n) is 21.3. The van der Waals surface area contributed by atoms with Crippen molar-refractivity contribution < 1.29 is 37.0 Å². The molecular weight excluding hydrogens is 532 g/mol. The van der Waals surface area contributed by atoms with Crippen LogP contribution in [-0.2, 0) is 15.8 Å². The molecule has 0 saturated carbocycles. The Balaban J connectivity index is 1.58. The molecule has 0 bridgehead atoms. The predicted octanol–water partition coefficient (Wildman–Crippen LogP) is 3.99. The average molecular weight is 557 g/mol. The van der Waals surface area contributed by atoms with E-state index in [1.165, 1.54) is 31.2 Å². The molecule has 3 heterocycles. The van der Waals surface area contributed by atoms with Gasteiger partial charge in [0.05, 0.1) is 12.2 Å². The Hall–Kier alpha value is -4.45. The van der Waals surface area contributed by atoms with E-state index >= 15 is 0 Å². The van der Waals surface area contributed by atoms with Crippen molar-refractivity contribution in [1.82, 2.24) is 15.3 Å². The maximum Gasteiger partial charge on any atom is 0.424 e. The lowest BCUT2D eigenvalue weighted by Gasteiger charge is -2.31. The Morgan fingerprint density at radius 1 is 1.15 bits per heavy atom. The van der Waals surface area contributed by atoms with Crippen LogP contribution in [0.1, 0.15) is 34.2 Å². The van der Waals surface area contributed by atoms with Crippen LogP contribution in [-0.4, -0.2) is 46.2 Å². The van der Waals surface area contributed by atoms with E-state index < -0.39 is 47.1 Å². The normalized spacial score (nSPS) is 18.2. The number of carbonyl (C=O) groups is 2. The lowest BCUT2D eigenvalue weighted by Crippen LogP contribution is -2.51. The van der Waals surface area contributed by atoms with Crippen LogP contribution in [0.25, 0.3) is 22.2 Å². The fourth-order valence-electron chi connectivity index (χ4n) is 4.67. The van der Waals surface area contributed by atoms with Gasteiger partial charge in [-0.1, -0.05) is 0 Å². The van der Waals surface area contributed by atoms with Gasteiger partial charge in [0.15, 0.2) is 0 Å². The summed E-state index contributed by atoms with van der Waals surface area (Å²) >= 11 is 0. The molecule has 5 N–H and O–H groups in total. The molecule has 208 valence electrons. The molecule has 0 spiro atoms. The number of amides is 2. The number of carbonyl (C=O) groups excluding carboxylic acids is 2. The third-order valence-electron chi connectivity index (χ3n) is 7.15. The number of rotatable bonds is 6. The van der Waals surface area contributed by atoms with Crippen molar-refractivity contribution in [2.45, 2.75) is 31.0 Å². The van der Waals surface area contributed by atoms with Gasteiger partial charge < -0.3 is 25.9 Å². The molecule has 2 aromatic carbocycles. The molecule has 2 atom stereocenters. The molecular formula is C28H24F4N4O4. The lowest BCUT2D eigenvalue weighted by molar-refractivity contribution is -0.265. The second kappa shape index (κ2) is 9.33. The van der Waals surface area contributed by atoms with E-state index in [9.17, 15) is 32.3 Å². The van der Waals surface area contributed by atoms with Crippen molar-refractivity contribution in [1.29, 1.82) is 0 Å². The molecule has 5 rings (SSSR count). The number of aromatic amines is 1. The predicted molar refractivity (Wildman–Crippen MR) is 137 cm³/mol. The summed E-state index contributed by atoms with van der Waals surface area (Å²) in [6, 6.07) is 12.0. The molecule has 0 saturated heterocycles. The number of nitrogens with zero attached hydrogens (tertiary/aromatic N) is 1. The summed E-state index contributed by atoms with van der Waals surface area (Å²) in [6.45, 7) is 1.65. The number of H-pyrrole nitrogens is 1. The van der Waals surface area contributed by atoms with Gasteiger partial charge in [-0.2, -0.15) is 13.2 Å². The first kappa shape index (κ1) is 27.1. The molecule has 8 nitrogen and oxygen atoms in total. The van der Waals surface area contributed by atoms with Gasteiger partial charge in [0.25, 0.3) is 5.91 Å². The Kier molecular flexibility index (Phi) is 6.33. The Labute approximate surface area is 225 Å². The molecule has 40 heavy (non-hydrogen) atoms. The molecule has 0 unspecified atom stereocenters. The van der Waals surface area contributed by atoms with Crippen LogP contribution in [0.5, 0.6) is 5.75 Å². The minimum atomic E-state index is -5.31. The second-order valence-corrected chi connectivity index (χ2v) is 10.0. The average Bonchev–Trinajstić information content (AvgIpc) is 3.45. The number of alkyl halides is 3. The first-order valence-corrected chi connectivity index (χ1v) is 12.1. The van der Waals surface area contributed by atoms with Crippen molar-refractivity contribution >= 4 is 22.7 Å². The zero-order valence-corrected chi connectivity index (χ0v) is 21.3. The summed E-state index contributed by atoms with van der Waals surface area (Å²) in [6.07, 6.45) is -5.31. The maximum atomic E-state index is 14.5. The molecule has 1 aliphatic heterocycles. The number of pyridine rings is 1. The molecule has 0 aliphatic carbocycles. The fraction of sp³-hybridized carbons (Fsp3) is 0.250. The third-order valence-corrected chi connectivity index (χ3v) is 7.15. The number of hydrogen-bond donors (Lipinski definition) is 4. The van der Waals surface area contributed by atoms with E-state index in [4.69, 9.17) is 10.5 Å². The number of halogens is 4. The van der Waals surface area contributed by atoms with Gasteiger partial charge >= 0.3 is 6.18 Å². The number of fused-ring (bicyclic) bond motifs is 2. The van der Waals surface area contributed by atoms with Crippen LogP contribution < -0.4 is 15.8 Å². The van der Waals surface area contributed by atoms with Gasteiger partial charge in [-0.05, 0) is 68.4 Å². The van der Waals surface area contributed by atoms with Crippen LogP contribution in [0.4, 0.5) is 17.6 Å². The van der Waals surface area contributed by atoms with E-state index in [1.807, 2.05) is 6.92 Å². The van der Waals surface area contributed by atoms with Gasteiger partial charge in [0.1, 0.15) is 29.3 Å². The number of benzene rings is 2. The SMILES string of the molecule is Cc1cc2cc(C(=O)NC[C@](O)(c3cc4c(c(-c5ccc(F)cc5)n3)OC[C@]4(C)C(N)=O)C(F)(F)F)ccc2[nH]1. The molecule has 2 amide bonds. The quantitative estimate of drug-likeness (QED) is 0.267.